The summed E-state index contributed by atoms with van der Waals surface area (Å²) in [4.78, 5) is 44.3. The number of amides is 3. The van der Waals surface area contributed by atoms with Gasteiger partial charge in [-0.25, -0.2) is 4.79 Å². The van der Waals surface area contributed by atoms with E-state index in [-0.39, 0.29) is 37.7 Å². The maximum atomic E-state index is 13.6. The SMILES string of the molecule is COCOc1ccc2c(c1)CN(C(=O)OC(C)(C)C)[C@H]([C@H](O)CNC(=O)c1cc(NC3CN(C(C)=O)C3)cc(N3CCCCC3)c1)C2. The molecule has 2 aromatic carbocycles. The van der Waals surface area contributed by atoms with Crippen LogP contribution < -0.4 is 20.3 Å². The van der Waals surface area contributed by atoms with Crippen LogP contribution in [0.3, 0.4) is 0 Å². The number of rotatable bonds is 10. The van der Waals surface area contributed by atoms with Crippen molar-refractivity contribution in [3.63, 3.8) is 0 Å². The van der Waals surface area contributed by atoms with Gasteiger partial charge in [-0.3, -0.25) is 14.5 Å². The molecular formula is C35H49N5O7. The first kappa shape index (κ1) is 34.3. The average molecular weight is 652 g/mol. The van der Waals surface area contributed by atoms with Gasteiger partial charge in [0.2, 0.25) is 5.91 Å². The summed E-state index contributed by atoms with van der Waals surface area (Å²) in [5.74, 6) is 0.358. The number of carbonyl (C=O) groups is 3. The highest BCUT2D eigenvalue weighted by atomic mass is 16.7. The number of likely N-dealkylation sites (tertiary alicyclic amines) is 1. The Morgan fingerprint density at radius 1 is 1.02 bits per heavy atom. The van der Waals surface area contributed by atoms with Crippen molar-refractivity contribution in [3.8, 4) is 5.75 Å². The summed E-state index contributed by atoms with van der Waals surface area (Å²) < 4.78 is 16.3. The van der Waals surface area contributed by atoms with Gasteiger partial charge in [0.25, 0.3) is 5.91 Å². The fourth-order valence-corrected chi connectivity index (χ4v) is 6.32. The molecule has 0 aliphatic carbocycles. The number of nitrogens with zero attached hydrogens (tertiary/aromatic N) is 3. The number of aliphatic hydroxyl groups is 1. The minimum absolute atomic E-state index is 0.0521. The molecule has 2 atom stereocenters. The maximum Gasteiger partial charge on any atom is 0.410 e. The highest BCUT2D eigenvalue weighted by Crippen LogP contribution is 2.31. The van der Waals surface area contributed by atoms with E-state index in [1.54, 1.807) is 39.7 Å². The van der Waals surface area contributed by atoms with Gasteiger partial charge < -0.3 is 39.8 Å². The summed E-state index contributed by atoms with van der Waals surface area (Å²) in [6, 6.07) is 10.9. The zero-order valence-corrected chi connectivity index (χ0v) is 28.2. The lowest BCUT2D eigenvalue weighted by Crippen LogP contribution is -2.56. The Hall–Kier alpha value is -4.03. The van der Waals surface area contributed by atoms with Gasteiger partial charge in [0.05, 0.1) is 18.2 Å². The number of carbonyl (C=O) groups excluding carboxylic acids is 3. The highest BCUT2D eigenvalue weighted by molar-refractivity contribution is 5.96. The second-order valence-corrected chi connectivity index (χ2v) is 13.7. The third-order valence-corrected chi connectivity index (χ3v) is 8.83. The van der Waals surface area contributed by atoms with Gasteiger partial charge in [-0.2, -0.15) is 0 Å². The van der Waals surface area contributed by atoms with Crippen LogP contribution in [0, 0.1) is 0 Å². The quantitative estimate of drug-likeness (QED) is 0.329. The number of ether oxygens (including phenoxy) is 3. The molecule has 2 saturated heterocycles. The summed E-state index contributed by atoms with van der Waals surface area (Å²) in [6.45, 7) is 10.3. The monoisotopic (exact) mass is 651 g/mol. The molecule has 3 aliphatic rings. The van der Waals surface area contributed by atoms with Crippen molar-refractivity contribution in [1.29, 1.82) is 0 Å². The summed E-state index contributed by atoms with van der Waals surface area (Å²) in [6.07, 6.45) is 2.18. The van der Waals surface area contributed by atoms with E-state index in [9.17, 15) is 19.5 Å². The largest absolute Gasteiger partial charge is 0.468 e. The molecule has 0 saturated carbocycles. The smallest absolute Gasteiger partial charge is 0.410 e. The van der Waals surface area contributed by atoms with Crippen molar-refractivity contribution in [2.75, 3.05) is 56.8 Å². The summed E-state index contributed by atoms with van der Waals surface area (Å²) >= 11 is 0. The average Bonchev–Trinajstić information content (AvgIpc) is 3.02. The molecule has 0 radical (unpaired) electrons. The van der Waals surface area contributed by atoms with Crippen LogP contribution in [0.1, 0.15) is 68.4 Å². The molecule has 0 aromatic heterocycles. The van der Waals surface area contributed by atoms with Crippen molar-refractivity contribution in [3.05, 3.63) is 53.1 Å². The third kappa shape index (κ3) is 8.86. The minimum atomic E-state index is -1.06. The lowest BCUT2D eigenvalue weighted by molar-refractivity contribution is -0.132. The van der Waals surface area contributed by atoms with Crippen LogP contribution in [-0.4, -0.2) is 103 Å². The van der Waals surface area contributed by atoms with Crippen LogP contribution in [0.25, 0.3) is 0 Å². The van der Waals surface area contributed by atoms with Crippen LogP contribution in [0.2, 0.25) is 0 Å². The van der Waals surface area contributed by atoms with E-state index in [2.05, 4.69) is 21.6 Å². The van der Waals surface area contributed by atoms with Crippen molar-refractivity contribution in [2.24, 2.45) is 0 Å². The van der Waals surface area contributed by atoms with E-state index < -0.39 is 23.8 Å². The van der Waals surface area contributed by atoms with Crippen LogP contribution in [0.5, 0.6) is 5.75 Å². The molecule has 0 unspecified atom stereocenters. The first-order chi connectivity index (χ1) is 22.4. The second kappa shape index (κ2) is 14.8. The number of aliphatic hydroxyl groups excluding tert-OH is 1. The summed E-state index contributed by atoms with van der Waals surface area (Å²) in [5, 5.41) is 17.9. The van der Waals surface area contributed by atoms with E-state index in [4.69, 9.17) is 14.2 Å². The summed E-state index contributed by atoms with van der Waals surface area (Å²) in [7, 11) is 1.55. The minimum Gasteiger partial charge on any atom is -0.468 e. The number of fused-ring (bicyclic) bond motifs is 1. The highest BCUT2D eigenvalue weighted by Gasteiger charge is 2.37. The maximum absolute atomic E-state index is 13.6. The van der Waals surface area contributed by atoms with Gasteiger partial charge in [-0.1, -0.05) is 6.07 Å². The number of methoxy groups -OCH3 is 1. The van der Waals surface area contributed by atoms with E-state index in [1.807, 2.05) is 30.3 Å². The molecular weight excluding hydrogens is 602 g/mol. The predicted molar refractivity (Wildman–Crippen MR) is 179 cm³/mol. The van der Waals surface area contributed by atoms with Crippen LogP contribution in [0.15, 0.2) is 36.4 Å². The lowest BCUT2D eigenvalue weighted by atomic mass is 9.91. The predicted octanol–water partition coefficient (Wildman–Crippen LogP) is 3.75. The van der Waals surface area contributed by atoms with Gasteiger partial charge in [-0.05, 0) is 87.9 Å². The van der Waals surface area contributed by atoms with E-state index in [1.165, 1.54) is 11.3 Å². The van der Waals surface area contributed by atoms with Gasteiger partial charge in [0.15, 0.2) is 6.79 Å². The molecule has 3 heterocycles. The topological polar surface area (TPSA) is 133 Å². The van der Waals surface area contributed by atoms with Gasteiger partial charge in [0.1, 0.15) is 11.4 Å². The molecule has 2 fully saturated rings. The molecule has 12 nitrogen and oxygen atoms in total. The van der Waals surface area contributed by atoms with E-state index in [0.29, 0.717) is 30.8 Å². The Balaban J connectivity index is 1.31. The Labute approximate surface area is 277 Å². The van der Waals surface area contributed by atoms with Gasteiger partial charge in [-0.15, -0.1) is 0 Å². The third-order valence-electron chi connectivity index (χ3n) is 8.83. The molecule has 3 N–H and O–H groups in total. The molecule has 2 aromatic rings. The Morgan fingerprint density at radius 3 is 2.45 bits per heavy atom. The first-order valence-electron chi connectivity index (χ1n) is 16.5. The lowest BCUT2D eigenvalue weighted by Gasteiger charge is -2.40. The molecule has 256 valence electrons. The molecule has 0 spiro atoms. The van der Waals surface area contributed by atoms with Crippen molar-refractivity contribution in [2.45, 2.75) is 83.7 Å². The Bertz CT molecular complexity index is 1430. The number of hydrogen-bond donors (Lipinski definition) is 3. The zero-order valence-electron chi connectivity index (χ0n) is 28.2. The Kier molecular flexibility index (Phi) is 10.8. The standard InChI is InChI=1S/C35H49N5O7/c1-23(41)39-20-28(21-39)37-27-13-25(14-29(17-27)38-11-7-6-8-12-38)33(43)36-18-32(42)31-16-24-9-10-30(46-22-45-5)15-26(24)19-40(31)34(44)47-35(2,3)4/h9-10,13-15,17,28,31-32,37,42H,6-8,11-12,16,18-22H2,1-5H3,(H,36,43)/t31-,32+/m0/s1. The molecule has 3 amide bonds. The van der Waals surface area contributed by atoms with E-state index >= 15 is 0 Å². The number of hydrogen-bond acceptors (Lipinski definition) is 9. The van der Waals surface area contributed by atoms with E-state index in [0.717, 1.165) is 48.4 Å². The zero-order chi connectivity index (χ0) is 33.7. The normalized spacial score (nSPS) is 18.9. The molecule has 0 bridgehead atoms. The number of benzene rings is 2. The number of anilines is 2. The van der Waals surface area contributed by atoms with Crippen molar-refractivity contribution < 1.29 is 33.7 Å². The first-order valence-corrected chi connectivity index (χ1v) is 16.5. The number of piperidine rings is 1. The Morgan fingerprint density at radius 2 is 1.77 bits per heavy atom. The molecule has 12 heteroatoms. The fraction of sp³-hybridized carbons (Fsp3) is 0.571. The molecule has 47 heavy (non-hydrogen) atoms. The second-order valence-electron chi connectivity index (χ2n) is 13.7. The van der Waals surface area contributed by atoms with Crippen molar-refractivity contribution in [1.82, 2.24) is 15.1 Å². The fourth-order valence-electron chi connectivity index (χ4n) is 6.32. The van der Waals surface area contributed by atoms with Crippen LogP contribution in [-0.2, 0) is 27.2 Å². The van der Waals surface area contributed by atoms with Gasteiger partial charge in [0, 0.05) is 70.2 Å². The van der Waals surface area contributed by atoms with Gasteiger partial charge >= 0.3 is 6.09 Å². The molecule has 3 aliphatic heterocycles. The van der Waals surface area contributed by atoms with Crippen molar-refractivity contribution >= 4 is 29.3 Å². The number of nitrogens with one attached hydrogen (secondary N) is 2. The van der Waals surface area contributed by atoms with Crippen LogP contribution in [0.4, 0.5) is 16.2 Å². The summed E-state index contributed by atoms with van der Waals surface area (Å²) in [5.41, 5.74) is 3.42. The van der Waals surface area contributed by atoms with Crippen LogP contribution >= 0.6 is 0 Å². The molecule has 5 rings (SSSR count).